The summed E-state index contributed by atoms with van der Waals surface area (Å²) in [5.74, 6) is 0.418. The van der Waals surface area contributed by atoms with E-state index in [0.717, 1.165) is 66.7 Å². The number of hydrogen-bond acceptors (Lipinski definition) is 6. The first-order chi connectivity index (χ1) is 18.4. The van der Waals surface area contributed by atoms with Gasteiger partial charge >= 0.3 is 0 Å². The van der Waals surface area contributed by atoms with Crippen molar-refractivity contribution in [2.45, 2.75) is 31.0 Å². The van der Waals surface area contributed by atoms with Gasteiger partial charge in [-0.2, -0.15) is 0 Å². The highest BCUT2D eigenvalue weighted by molar-refractivity contribution is 6.35. The second-order valence-electron chi connectivity index (χ2n) is 11.2. The summed E-state index contributed by atoms with van der Waals surface area (Å²) in [4.78, 5) is 11.7. The second kappa shape index (κ2) is 8.97. The number of fused-ring (bicyclic) bond motifs is 4. The molecule has 0 saturated carbocycles. The number of phenolic OH excluding ortho intramolecular Hbond substituents is 1. The van der Waals surface area contributed by atoms with E-state index >= 15 is 4.39 Å². The number of piperazine rings is 1. The Kier molecular flexibility index (Phi) is 5.65. The van der Waals surface area contributed by atoms with E-state index in [1.807, 2.05) is 30.3 Å². The van der Waals surface area contributed by atoms with E-state index in [-0.39, 0.29) is 11.3 Å². The summed E-state index contributed by atoms with van der Waals surface area (Å²) in [6.07, 6.45) is 2.33. The highest BCUT2D eigenvalue weighted by Crippen LogP contribution is 2.44. The molecule has 6 nitrogen and oxygen atoms in total. The lowest BCUT2D eigenvalue weighted by atomic mass is 9.95. The van der Waals surface area contributed by atoms with Crippen LogP contribution in [-0.4, -0.2) is 73.4 Å². The van der Waals surface area contributed by atoms with Gasteiger partial charge in [-0.05, 0) is 61.5 Å². The molecule has 0 radical (unpaired) electrons. The van der Waals surface area contributed by atoms with Crippen molar-refractivity contribution in [1.29, 1.82) is 0 Å². The Morgan fingerprint density at radius 2 is 1.71 bits per heavy atom. The fraction of sp³-hybridized carbons (Fsp3) is 0.367. The summed E-state index contributed by atoms with van der Waals surface area (Å²) < 4.78 is 16.7. The van der Waals surface area contributed by atoms with Crippen molar-refractivity contribution < 1.29 is 9.50 Å². The van der Waals surface area contributed by atoms with Gasteiger partial charge in [0, 0.05) is 61.3 Å². The average Bonchev–Trinajstić information content (AvgIpc) is 3.20. The number of phenols is 1. The van der Waals surface area contributed by atoms with Crippen LogP contribution in [0.5, 0.6) is 5.75 Å². The van der Waals surface area contributed by atoms with Gasteiger partial charge in [-0.15, -0.1) is 0 Å². The minimum Gasteiger partial charge on any atom is -0.508 e. The molecule has 1 aromatic heterocycles. The number of aromatic hydroxyl groups is 1. The second-order valence-corrected chi connectivity index (χ2v) is 11.6. The van der Waals surface area contributed by atoms with Gasteiger partial charge in [0.2, 0.25) is 0 Å². The lowest BCUT2D eigenvalue weighted by molar-refractivity contribution is 0.246. The molecule has 2 atom stereocenters. The maximum absolute atomic E-state index is 16.7. The molecule has 2 unspecified atom stereocenters. The summed E-state index contributed by atoms with van der Waals surface area (Å²) in [5.41, 5.74) is 2.15. The minimum absolute atomic E-state index is 0.0725. The molecular weight excluding hydrogens is 501 g/mol. The fourth-order valence-corrected chi connectivity index (χ4v) is 6.69. The van der Waals surface area contributed by atoms with E-state index in [4.69, 9.17) is 16.6 Å². The fourth-order valence-electron chi connectivity index (χ4n) is 6.39. The first kappa shape index (κ1) is 23.9. The first-order valence-electron chi connectivity index (χ1n) is 13.3. The summed E-state index contributed by atoms with van der Waals surface area (Å²) in [7, 11) is 4.18. The Bertz CT molecular complexity index is 1560. The van der Waals surface area contributed by atoms with Crippen LogP contribution >= 0.6 is 11.6 Å². The molecule has 38 heavy (non-hydrogen) atoms. The quantitative estimate of drug-likeness (QED) is 0.375. The number of pyridine rings is 1. The number of hydrogen-bond donors (Lipinski definition) is 2. The van der Waals surface area contributed by atoms with E-state index in [1.165, 1.54) is 0 Å². The van der Waals surface area contributed by atoms with Gasteiger partial charge in [-0.1, -0.05) is 35.9 Å². The van der Waals surface area contributed by atoms with Crippen LogP contribution in [0.15, 0.2) is 48.5 Å². The predicted molar refractivity (Wildman–Crippen MR) is 153 cm³/mol. The average molecular weight is 532 g/mol. The molecule has 7 rings (SSSR count). The van der Waals surface area contributed by atoms with Gasteiger partial charge < -0.3 is 25.1 Å². The molecule has 3 aliphatic heterocycles. The zero-order valence-electron chi connectivity index (χ0n) is 21.6. The zero-order chi connectivity index (χ0) is 26.1. The molecule has 3 saturated heterocycles. The van der Waals surface area contributed by atoms with E-state index in [2.05, 4.69) is 40.2 Å². The molecule has 0 amide bonds. The Balaban J connectivity index is 1.43. The number of likely N-dealkylation sites (N-methyl/N-ethyl adjacent to an activating group) is 1. The van der Waals surface area contributed by atoms with Crippen LogP contribution < -0.4 is 15.1 Å². The number of nitrogens with one attached hydrogen (secondary N) is 1. The van der Waals surface area contributed by atoms with Crippen molar-refractivity contribution >= 4 is 44.8 Å². The van der Waals surface area contributed by atoms with E-state index in [9.17, 15) is 5.11 Å². The third-order valence-electron chi connectivity index (χ3n) is 8.55. The van der Waals surface area contributed by atoms with Gasteiger partial charge in [-0.3, -0.25) is 0 Å². The van der Waals surface area contributed by atoms with Crippen molar-refractivity contribution in [2.24, 2.45) is 0 Å². The number of halogens is 2. The first-order valence-corrected chi connectivity index (χ1v) is 13.7. The Labute approximate surface area is 226 Å². The minimum atomic E-state index is -0.450. The van der Waals surface area contributed by atoms with Gasteiger partial charge in [0.15, 0.2) is 5.82 Å². The van der Waals surface area contributed by atoms with Crippen LogP contribution in [0.1, 0.15) is 12.8 Å². The van der Waals surface area contributed by atoms with Crippen molar-refractivity contribution in [3.63, 3.8) is 0 Å². The lowest BCUT2D eigenvalue weighted by Crippen LogP contribution is -2.57. The largest absolute Gasteiger partial charge is 0.508 e. The van der Waals surface area contributed by atoms with Crippen LogP contribution in [-0.2, 0) is 0 Å². The molecule has 3 aromatic carbocycles. The topological polar surface area (TPSA) is 54.9 Å². The van der Waals surface area contributed by atoms with Crippen LogP contribution in [0.2, 0.25) is 5.02 Å². The van der Waals surface area contributed by atoms with Gasteiger partial charge in [0.25, 0.3) is 0 Å². The molecule has 4 aromatic rings. The number of anilines is 2. The Hall–Kier alpha value is -3.13. The lowest BCUT2D eigenvalue weighted by Gasteiger charge is -2.44. The van der Waals surface area contributed by atoms with Gasteiger partial charge in [0.05, 0.1) is 10.7 Å². The van der Waals surface area contributed by atoms with Crippen LogP contribution in [0.25, 0.3) is 32.8 Å². The molecule has 4 heterocycles. The molecule has 8 heteroatoms. The third kappa shape index (κ3) is 3.87. The molecular formula is C30H31ClFN5O. The van der Waals surface area contributed by atoms with Crippen LogP contribution in [0, 0.1) is 5.82 Å². The summed E-state index contributed by atoms with van der Waals surface area (Å²) in [6.45, 7) is 3.48. The van der Waals surface area contributed by atoms with E-state index in [0.29, 0.717) is 34.2 Å². The van der Waals surface area contributed by atoms with E-state index in [1.54, 1.807) is 12.1 Å². The molecule has 2 N–H and O–H groups in total. The SMILES string of the molecule is CN(C)C1CN(c2cc(N3CC4CCC(C3)N4)c3cc(Cl)c(-c4cc(O)cc5ccccc45)c(F)c3n2)C1. The number of aromatic nitrogens is 1. The molecule has 2 bridgehead atoms. The predicted octanol–water partition coefficient (Wildman–Crippen LogP) is 5.24. The maximum Gasteiger partial charge on any atom is 0.158 e. The van der Waals surface area contributed by atoms with Crippen LogP contribution in [0.3, 0.4) is 0 Å². The third-order valence-corrected chi connectivity index (χ3v) is 8.85. The Morgan fingerprint density at radius 1 is 0.974 bits per heavy atom. The molecule has 0 aliphatic carbocycles. The normalized spacial score (nSPS) is 21.6. The van der Waals surface area contributed by atoms with Gasteiger partial charge in [-0.25, -0.2) is 9.37 Å². The molecule has 0 spiro atoms. The smallest absolute Gasteiger partial charge is 0.158 e. The maximum atomic E-state index is 16.7. The molecule has 3 fully saturated rings. The zero-order valence-corrected chi connectivity index (χ0v) is 22.3. The summed E-state index contributed by atoms with van der Waals surface area (Å²) in [6, 6.07) is 16.3. The molecule has 196 valence electrons. The van der Waals surface area contributed by atoms with Crippen LogP contribution in [0.4, 0.5) is 15.9 Å². The number of benzene rings is 3. The monoisotopic (exact) mass is 531 g/mol. The number of nitrogens with zero attached hydrogens (tertiary/aromatic N) is 4. The summed E-state index contributed by atoms with van der Waals surface area (Å²) >= 11 is 6.87. The highest BCUT2D eigenvalue weighted by atomic mass is 35.5. The van der Waals surface area contributed by atoms with E-state index < -0.39 is 5.82 Å². The van der Waals surface area contributed by atoms with Crippen molar-refractivity contribution in [1.82, 2.24) is 15.2 Å². The standard InChI is InChI=1S/C30H31ClFN5O/c1-35(2)20-15-37(16-20)27-12-26(36-13-18-7-8-19(14-36)33-18)24-11-25(31)28(29(32)30(24)34-27)23-10-21(38)9-17-5-3-4-6-22(17)23/h3-6,9-12,18-20,33,38H,7-8,13-16H2,1-2H3. The Morgan fingerprint density at radius 3 is 2.45 bits per heavy atom. The summed E-state index contributed by atoms with van der Waals surface area (Å²) in [5, 5.41) is 16.9. The highest BCUT2D eigenvalue weighted by Gasteiger charge is 2.35. The van der Waals surface area contributed by atoms with Gasteiger partial charge in [0.1, 0.15) is 17.1 Å². The van der Waals surface area contributed by atoms with Crippen molar-refractivity contribution in [3.8, 4) is 16.9 Å². The van der Waals surface area contributed by atoms with Crippen molar-refractivity contribution in [2.75, 3.05) is 50.1 Å². The number of rotatable bonds is 4. The van der Waals surface area contributed by atoms with Crippen molar-refractivity contribution in [3.05, 3.63) is 59.4 Å². The molecule has 3 aliphatic rings.